The summed E-state index contributed by atoms with van der Waals surface area (Å²) in [5.41, 5.74) is 4.78. The summed E-state index contributed by atoms with van der Waals surface area (Å²) in [6.45, 7) is 4.38. The molecule has 0 amide bonds. The van der Waals surface area contributed by atoms with Crippen molar-refractivity contribution in [1.82, 2.24) is 8.75 Å². The van der Waals surface area contributed by atoms with Crippen molar-refractivity contribution < 1.29 is 0 Å². The summed E-state index contributed by atoms with van der Waals surface area (Å²) in [5, 5.41) is 6.84. The lowest BCUT2D eigenvalue weighted by Gasteiger charge is -1.94. The van der Waals surface area contributed by atoms with Gasteiger partial charge in [0.05, 0.1) is 21.1 Å². The standard InChI is InChI=1S/C20H12N2S5/c1-9-3-5-23-17(9)13-7-11-15-16(22-27-21-15)12-8-14(18-10(2)4-6-24-18)26-20(12)19(11)25-13/h3-8H,1-2H3. The molecule has 0 aliphatic rings. The van der Waals surface area contributed by atoms with Gasteiger partial charge >= 0.3 is 0 Å². The molecule has 0 unspecified atom stereocenters. The largest absolute Gasteiger partial charge is 0.172 e. The molecule has 2 nitrogen and oxygen atoms in total. The van der Waals surface area contributed by atoms with Gasteiger partial charge in [-0.1, -0.05) is 0 Å². The summed E-state index contributed by atoms with van der Waals surface area (Å²) < 4.78 is 12.0. The average molecular weight is 441 g/mol. The van der Waals surface area contributed by atoms with Crippen LogP contribution in [0.5, 0.6) is 0 Å². The number of benzene rings is 1. The lowest BCUT2D eigenvalue weighted by Crippen LogP contribution is -1.73. The van der Waals surface area contributed by atoms with Gasteiger partial charge in [0.2, 0.25) is 0 Å². The molecular weight excluding hydrogens is 429 g/mol. The molecule has 0 saturated carbocycles. The Morgan fingerprint density at radius 2 is 1.19 bits per heavy atom. The van der Waals surface area contributed by atoms with Crippen molar-refractivity contribution in [1.29, 1.82) is 0 Å². The van der Waals surface area contributed by atoms with Crippen LogP contribution < -0.4 is 0 Å². The van der Waals surface area contributed by atoms with Crippen LogP contribution in [-0.2, 0) is 0 Å². The van der Waals surface area contributed by atoms with Gasteiger partial charge < -0.3 is 0 Å². The molecule has 132 valence electrons. The van der Waals surface area contributed by atoms with Crippen LogP contribution in [0.15, 0.2) is 35.0 Å². The first-order valence-corrected chi connectivity index (χ1v) is 12.5. The van der Waals surface area contributed by atoms with E-state index < -0.39 is 0 Å². The van der Waals surface area contributed by atoms with Crippen molar-refractivity contribution in [2.24, 2.45) is 0 Å². The van der Waals surface area contributed by atoms with Gasteiger partial charge in [0.15, 0.2) is 0 Å². The van der Waals surface area contributed by atoms with E-state index in [1.54, 1.807) is 0 Å². The van der Waals surface area contributed by atoms with Crippen LogP contribution in [0.1, 0.15) is 11.1 Å². The molecule has 0 radical (unpaired) electrons. The van der Waals surface area contributed by atoms with E-state index in [-0.39, 0.29) is 0 Å². The van der Waals surface area contributed by atoms with Gasteiger partial charge in [-0.25, -0.2) is 0 Å². The monoisotopic (exact) mass is 440 g/mol. The average Bonchev–Trinajstić information content (AvgIpc) is 3.43. The minimum atomic E-state index is 1.05. The summed E-state index contributed by atoms with van der Waals surface area (Å²) in [7, 11) is 0. The van der Waals surface area contributed by atoms with Crippen LogP contribution in [0.2, 0.25) is 0 Å². The van der Waals surface area contributed by atoms with E-state index in [0.29, 0.717) is 0 Å². The molecule has 6 aromatic rings. The molecule has 0 aliphatic carbocycles. The second-order valence-corrected chi connectivity index (χ2v) is 11.0. The fourth-order valence-electron chi connectivity index (χ4n) is 3.49. The lowest BCUT2D eigenvalue weighted by molar-refractivity contribution is 1.56. The smallest absolute Gasteiger partial charge is 0.114 e. The highest BCUT2D eigenvalue weighted by atomic mass is 32.1. The van der Waals surface area contributed by atoms with Crippen molar-refractivity contribution in [3.63, 3.8) is 0 Å². The van der Waals surface area contributed by atoms with Crippen LogP contribution in [0, 0.1) is 13.8 Å². The van der Waals surface area contributed by atoms with E-state index in [1.807, 2.05) is 45.3 Å². The first-order chi connectivity index (χ1) is 13.2. The van der Waals surface area contributed by atoms with E-state index in [2.05, 4.69) is 57.6 Å². The number of rotatable bonds is 2. The Kier molecular flexibility index (Phi) is 3.58. The molecule has 1 aromatic carbocycles. The Labute approximate surface area is 175 Å². The van der Waals surface area contributed by atoms with Crippen LogP contribution in [0.3, 0.4) is 0 Å². The second-order valence-electron chi connectivity index (χ2n) is 6.53. The van der Waals surface area contributed by atoms with E-state index in [4.69, 9.17) is 0 Å². The van der Waals surface area contributed by atoms with Crippen LogP contribution in [-0.4, -0.2) is 8.75 Å². The van der Waals surface area contributed by atoms with Gasteiger partial charge in [0.1, 0.15) is 11.0 Å². The van der Waals surface area contributed by atoms with Crippen LogP contribution in [0.4, 0.5) is 0 Å². The topological polar surface area (TPSA) is 25.8 Å². The highest BCUT2D eigenvalue weighted by molar-refractivity contribution is 7.32. The third-order valence-corrected chi connectivity index (χ3v) is 10.2. The quantitative estimate of drug-likeness (QED) is 0.271. The maximum atomic E-state index is 4.65. The van der Waals surface area contributed by atoms with Crippen molar-refractivity contribution in [2.45, 2.75) is 13.8 Å². The zero-order valence-electron chi connectivity index (χ0n) is 14.4. The number of nitrogens with zero attached hydrogens (tertiary/aromatic N) is 2. The summed E-state index contributed by atoms with van der Waals surface area (Å²) in [6, 6.07) is 9.03. The lowest BCUT2D eigenvalue weighted by atomic mass is 10.1. The Balaban J connectivity index is 1.73. The number of aromatic nitrogens is 2. The maximum Gasteiger partial charge on any atom is 0.114 e. The molecule has 0 spiro atoms. The molecule has 0 fully saturated rings. The summed E-state index contributed by atoms with van der Waals surface area (Å²) in [6.07, 6.45) is 0. The summed E-state index contributed by atoms with van der Waals surface area (Å²) in [4.78, 5) is 5.40. The number of fused-ring (bicyclic) bond motifs is 6. The Bertz CT molecular complexity index is 1350. The van der Waals surface area contributed by atoms with E-state index in [9.17, 15) is 0 Å². The molecular formula is C20H12N2S5. The molecule has 5 aromatic heterocycles. The van der Waals surface area contributed by atoms with Gasteiger partial charge in [-0.05, 0) is 60.0 Å². The first-order valence-electron chi connectivity index (χ1n) is 8.41. The number of hydrogen-bond acceptors (Lipinski definition) is 7. The Morgan fingerprint density at radius 1 is 0.704 bits per heavy atom. The Morgan fingerprint density at radius 3 is 1.59 bits per heavy atom. The van der Waals surface area contributed by atoms with Crippen molar-refractivity contribution in [2.75, 3.05) is 0 Å². The maximum absolute atomic E-state index is 4.65. The van der Waals surface area contributed by atoms with Crippen LogP contribution in [0.25, 0.3) is 50.7 Å². The number of thiophene rings is 4. The molecule has 27 heavy (non-hydrogen) atoms. The number of hydrogen-bond donors (Lipinski definition) is 0. The molecule has 7 heteroatoms. The van der Waals surface area contributed by atoms with Gasteiger partial charge in [-0.2, -0.15) is 8.75 Å². The SMILES string of the molecule is Cc1ccsc1-c1cc2c3nsnc3c3cc(-c4sccc4C)sc3c2s1. The molecule has 5 heterocycles. The third-order valence-electron chi connectivity index (χ3n) is 4.84. The third kappa shape index (κ3) is 2.33. The predicted octanol–water partition coefficient (Wildman–Crippen LogP) is 8.19. The molecule has 0 bridgehead atoms. The summed E-state index contributed by atoms with van der Waals surface area (Å²) in [5.74, 6) is 0. The molecule has 0 aliphatic heterocycles. The van der Waals surface area contributed by atoms with Crippen LogP contribution >= 0.6 is 57.1 Å². The Hall–Kier alpha value is -1.64. The van der Waals surface area contributed by atoms with E-state index >= 15 is 0 Å². The van der Waals surface area contributed by atoms with E-state index in [1.165, 1.54) is 62.5 Å². The van der Waals surface area contributed by atoms with Crippen molar-refractivity contribution in [3.05, 3.63) is 46.2 Å². The highest BCUT2D eigenvalue weighted by Gasteiger charge is 2.20. The molecule has 0 N–H and O–H groups in total. The number of aryl methyl sites for hydroxylation is 2. The molecule has 0 atom stereocenters. The highest BCUT2D eigenvalue weighted by Crippen LogP contribution is 2.48. The normalized spacial score (nSPS) is 12.1. The zero-order valence-corrected chi connectivity index (χ0v) is 18.5. The predicted molar refractivity (Wildman–Crippen MR) is 124 cm³/mol. The summed E-state index contributed by atoms with van der Waals surface area (Å²) >= 11 is 8.74. The van der Waals surface area contributed by atoms with Crippen molar-refractivity contribution in [3.8, 4) is 19.5 Å². The van der Waals surface area contributed by atoms with Gasteiger partial charge in [0, 0.05) is 30.3 Å². The molecule has 0 saturated heterocycles. The fourth-order valence-corrected chi connectivity index (χ4v) is 8.76. The minimum Gasteiger partial charge on any atom is -0.172 e. The van der Waals surface area contributed by atoms with Gasteiger partial charge in [-0.15, -0.1) is 45.3 Å². The van der Waals surface area contributed by atoms with Gasteiger partial charge in [0.25, 0.3) is 0 Å². The molecule has 6 rings (SSSR count). The second kappa shape index (κ2) is 5.93. The first kappa shape index (κ1) is 16.3. The van der Waals surface area contributed by atoms with Gasteiger partial charge in [-0.3, -0.25) is 0 Å². The van der Waals surface area contributed by atoms with Crippen molar-refractivity contribution >= 4 is 88.3 Å². The minimum absolute atomic E-state index is 1.05. The fraction of sp³-hybridized carbons (Fsp3) is 0.100. The zero-order chi connectivity index (χ0) is 18.1. The van der Waals surface area contributed by atoms with E-state index in [0.717, 1.165) is 11.0 Å².